The molecule has 0 unspecified atom stereocenters. The lowest BCUT2D eigenvalue weighted by Gasteiger charge is -2.18. The van der Waals surface area contributed by atoms with E-state index in [1.165, 1.54) is 23.1 Å². The van der Waals surface area contributed by atoms with E-state index in [0.717, 1.165) is 5.56 Å². The van der Waals surface area contributed by atoms with E-state index in [4.69, 9.17) is 18.0 Å². The molecular weight excluding hydrogens is 360 g/mol. The van der Waals surface area contributed by atoms with Gasteiger partial charge in [-0.3, -0.25) is 4.79 Å². The summed E-state index contributed by atoms with van der Waals surface area (Å²) in [6.45, 7) is 0.263. The zero-order valence-corrected chi connectivity index (χ0v) is 15.1. The van der Waals surface area contributed by atoms with Crippen LogP contribution in [0.1, 0.15) is 15.9 Å². The van der Waals surface area contributed by atoms with Crippen LogP contribution in [0.4, 0.5) is 0 Å². The molecule has 0 fully saturated rings. The maximum absolute atomic E-state index is 12.6. The summed E-state index contributed by atoms with van der Waals surface area (Å²) in [4.78, 5) is 14.1. The zero-order chi connectivity index (χ0) is 18.4. The van der Waals surface area contributed by atoms with E-state index < -0.39 is 10.0 Å². The summed E-state index contributed by atoms with van der Waals surface area (Å²) in [5.74, 6) is 1.92. The van der Waals surface area contributed by atoms with E-state index in [9.17, 15) is 13.2 Å². The molecule has 0 aliphatic carbocycles. The lowest BCUT2D eigenvalue weighted by Crippen LogP contribution is -2.27. The minimum Gasteiger partial charge on any atom is -0.337 e. The highest BCUT2D eigenvalue weighted by Gasteiger charge is 2.17. The minimum atomic E-state index is -3.75. The maximum Gasteiger partial charge on any atom is 0.253 e. The summed E-state index contributed by atoms with van der Waals surface area (Å²) in [6, 6.07) is 13.0. The molecule has 2 aromatic carbocycles. The van der Waals surface area contributed by atoms with Gasteiger partial charge < -0.3 is 4.90 Å². The van der Waals surface area contributed by atoms with Crippen molar-refractivity contribution in [3.05, 3.63) is 64.7 Å². The number of amides is 1. The molecule has 0 saturated heterocycles. The van der Waals surface area contributed by atoms with E-state index in [0.29, 0.717) is 11.6 Å². The monoisotopic (exact) mass is 376 g/mol. The molecule has 0 aliphatic rings. The molecule has 2 rings (SSSR count). The highest BCUT2D eigenvalue weighted by Crippen LogP contribution is 2.15. The van der Waals surface area contributed by atoms with Gasteiger partial charge in [-0.25, -0.2) is 8.42 Å². The van der Waals surface area contributed by atoms with Gasteiger partial charge in [-0.1, -0.05) is 35.7 Å². The number of terminal acetylenes is 1. The van der Waals surface area contributed by atoms with Gasteiger partial charge in [0, 0.05) is 24.2 Å². The molecule has 7 heteroatoms. The molecule has 0 aromatic heterocycles. The fraction of sp³-hybridized carbons (Fsp3) is 0.167. The van der Waals surface area contributed by atoms with Crippen LogP contribution in [-0.4, -0.2) is 32.8 Å². The van der Waals surface area contributed by atoms with Crippen LogP contribution in [0.25, 0.3) is 0 Å². The first-order valence-electron chi connectivity index (χ1n) is 7.36. The Balaban J connectivity index is 2.17. The van der Waals surface area contributed by atoms with E-state index in [1.54, 1.807) is 25.2 Å². The standard InChI is InChI=1S/C18H17ClN2O3S/c1-3-11-20-25(23,24)17-6-4-5-15(12-17)18(22)21(2)13-14-7-9-16(19)10-8-14/h1,4-10,12,20H,11,13H2,2H3. The van der Waals surface area contributed by atoms with Gasteiger partial charge in [-0.15, -0.1) is 6.42 Å². The van der Waals surface area contributed by atoms with Gasteiger partial charge in [0.25, 0.3) is 5.91 Å². The number of sulfonamides is 1. The molecule has 1 N–H and O–H groups in total. The summed E-state index contributed by atoms with van der Waals surface area (Å²) in [5.41, 5.74) is 1.19. The first-order valence-corrected chi connectivity index (χ1v) is 9.22. The van der Waals surface area contributed by atoms with E-state index in [2.05, 4.69) is 10.6 Å². The summed E-state index contributed by atoms with van der Waals surface area (Å²) in [5, 5.41) is 0.620. The first-order chi connectivity index (χ1) is 11.8. The van der Waals surface area contributed by atoms with E-state index in [1.807, 2.05) is 12.1 Å². The molecule has 5 nitrogen and oxygen atoms in total. The van der Waals surface area contributed by atoms with Crippen molar-refractivity contribution in [2.24, 2.45) is 0 Å². The predicted octanol–water partition coefficient (Wildman–Crippen LogP) is 2.52. The second kappa shape index (κ2) is 8.17. The Hall–Kier alpha value is -2.33. The molecule has 0 spiro atoms. The molecule has 0 aliphatic heterocycles. The van der Waals surface area contributed by atoms with Crippen molar-refractivity contribution < 1.29 is 13.2 Å². The predicted molar refractivity (Wildman–Crippen MR) is 97.7 cm³/mol. The Kier molecular flexibility index (Phi) is 6.21. The molecular formula is C18H17ClN2O3S. The second-order valence-electron chi connectivity index (χ2n) is 5.34. The Morgan fingerprint density at radius 3 is 2.56 bits per heavy atom. The quantitative estimate of drug-likeness (QED) is 0.788. The molecule has 25 heavy (non-hydrogen) atoms. The van der Waals surface area contributed by atoms with Crippen molar-refractivity contribution in [3.8, 4) is 12.3 Å². The Morgan fingerprint density at radius 2 is 1.92 bits per heavy atom. The highest BCUT2D eigenvalue weighted by molar-refractivity contribution is 7.89. The van der Waals surface area contributed by atoms with Crippen LogP contribution in [-0.2, 0) is 16.6 Å². The average molecular weight is 377 g/mol. The largest absolute Gasteiger partial charge is 0.337 e. The number of carbonyl (C=O) groups excluding carboxylic acids is 1. The van der Waals surface area contributed by atoms with Crippen molar-refractivity contribution in [3.63, 3.8) is 0 Å². The minimum absolute atomic E-state index is 0.00603. The average Bonchev–Trinajstić information content (AvgIpc) is 2.61. The number of rotatable bonds is 6. The number of nitrogens with one attached hydrogen (secondary N) is 1. The molecule has 0 radical (unpaired) electrons. The third-order valence-corrected chi connectivity index (χ3v) is 5.09. The molecule has 0 saturated carbocycles. The van der Waals surface area contributed by atoms with E-state index in [-0.39, 0.29) is 22.9 Å². The molecule has 130 valence electrons. The Morgan fingerprint density at radius 1 is 1.24 bits per heavy atom. The summed E-state index contributed by atoms with van der Waals surface area (Å²) in [7, 11) is -2.10. The van der Waals surface area contributed by atoms with Crippen LogP contribution in [0, 0.1) is 12.3 Å². The fourth-order valence-electron chi connectivity index (χ4n) is 2.17. The molecule has 1 amide bonds. The van der Waals surface area contributed by atoms with Crippen molar-refractivity contribution >= 4 is 27.5 Å². The van der Waals surface area contributed by atoms with Gasteiger partial charge in [0.1, 0.15) is 0 Å². The SMILES string of the molecule is C#CCNS(=O)(=O)c1cccc(C(=O)N(C)Cc2ccc(Cl)cc2)c1. The lowest BCUT2D eigenvalue weighted by atomic mass is 10.1. The van der Waals surface area contributed by atoms with E-state index >= 15 is 0 Å². The van der Waals surface area contributed by atoms with Crippen molar-refractivity contribution in [1.29, 1.82) is 0 Å². The molecule has 0 heterocycles. The van der Waals surface area contributed by atoms with Gasteiger partial charge in [-0.2, -0.15) is 4.72 Å². The number of nitrogens with zero attached hydrogens (tertiary/aromatic N) is 1. The number of benzene rings is 2. The van der Waals surface area contributed by atoms with Crippen molar-refractivity contribution in [1.82, 2.24) is 9.62 Å². The van der Waals surface area contributed by atoms with Crippen LogP contribution < -0.4 is 4.72 Å². The number of hydrogen-bond donors (Lipinski definition) is 1. The number of halogens is 1. The van der Waals surface area contributed by atoms with Crippen LogP contribution >= 0.6 is 11.6 Å². The summed E-state index contributed by atoms with van der Waals surface area (Å²) < 4.78 is 26.5. The number of carbonyl (C=O) groups is 1. The molecule has 2 aromatic rings. The second-order valence-corrected chi connectivity index (χ2v) is 7.55. The fourth-order valence-corrected chi connectivity index (χ4v) is 3.28. The maximum atomic E-state index is 12.6. The van der Waals surface area contributed by atoms with Crippen LogP contribution in [0.3, 0.4) is 0 Å². The van der Waals surface area contributed by atoms with Gasteiger partial charge in [-0.05, 0) is 35.9 Å². The van der Waals surface area contributed by atoms with Gasteiger partial charge in [0.05, 0.1) is 11.4 Å². The third-order valence-electron chi connectivity index (χ3n) is 3.44. The van der Waals surface area contributed by atoms with Crippen LogP contribution in [0.15, 0.2) is 53.4 Å². The highest BCUT2D eigenvalue weighted by atomic mass is 35.5. The summed E-state index contributed by atoms with van der Waals surface area (Å²) >= 11 is 5.85. The normalized spacial score (nSPS) is 10.9. The first kappa shape index (κ1) is 19.0. The zero-order valence-electron chi connectivity index (χ0n) is 13.6. The Labute approximate surface area is 152 Å². The third kappa shape index (κ3) is 5.07. The molecule has 0 bridgehead atoms. The van der Waals surface area contributed by atoms with Crippen molar-refractivity contribution in [2.45, 2.75) is 11.4 Å². The summed E-state index contributed by atoms with van der Waals surface area (Å²) in [6.07, 6.45) is 5.07. The van der Waals surface area contributed by atoms with Crippen molar-refractivity contribution in [2.75, 3.05) is 13.6 Å². The number of hydrogen-bond acceptors (Lipinski definition) is 3. The smallest absolute Gasteiger partial charge is 0.253 e. The van der Waals surface area contributed by atoms with Gasteiger partial charge >= 0.3 is 0 Å². The lowest BCUT2D eigenvalue weighted by molar-refractivity contribution is 0.0785. The van der Waals surface area contributed by atoms with Crippen LogP contribution in [0.2, 0.25) is 5.02 Å². The molecule has 0 atom stereocenters. The van der Waals surface area contributed by atoms with Gasteiger partial charge in [0.2, 0.25) is 10.0 Å². The topological polar surface area (TPSA) is 66.5 Å². The Bertz CT molecular complexity index is 903. The van der Waals surface area contributed by atoms with Gasteiger partial charge in [0.15, 0.2) is 0 Å². The van der Waals surface area contributed by atoms with Crippen LogP contribution in [0.5, 0.6) is 0 Å².